The maximum absolute atomic E-state index is 12.8. The van der Waals surface area contributed by atoms with E-state index in [1.54, 1.807) is 17.7 Å². The van der Waals surface area contributed by atoms with Gasteiger partial charge >= 0.3 is 6.18 Å². The predicted octanol–water partition coefficient (Wildman–Crippen LogP) is 9.17. The van der Waals surface area contributed by atoms with Crippen molar-refractivity contribution in [3.05, 3.63) is 46.4 Å². The van der Waals surface area contributed by atoms with E-state index in [4.69, 9.17) is 4.52 Å². The smallest absolute Gasteiger partial charge is 0.341 e. The standard InChI is InChI=1S/C26H41F3NOPS/c1-5-8-23(9-6-2)19-33-15-7-14-32(31-25-16-20(3)21(4)17-25)30-18-22-10-12-24(13-11-22)26(27,28)29/h10-13,19-21,25,30H,5-9,14-18H2,1-4H3. The van der Waals surface area contributed by atoms with Crippen LogP contribution in [-0.4, -0.2) is 18.0 Å². The molecule has 0 aromatic heterocycles. The summed E-state index contributed by atoms with van der Waals surface area (Å²) in [7, 11) is -0.815. The molecular weight excluding hydrogens is 462 g/mol. The van der Waals surface area contributed by atoms with Gasteiger partial charge in [0.25, 0.3) is 0 Å². The van der Waals surface area contributed by atoms with Crippen molar-refractivity contribution in [2.45, 2.75) is 91.5 Å². The van der Waals surface area contributed by atoms with Crippen molar-refractivity contribution in [1.82, 2.24) is 5.09 Å². The molecule has 1 aliphatic rings. The van der Waals surface area contributed by atoms with Crippen LogP contribution in [0.15, 0.2) is 35.2 Å². The molecule has 1 fully saturated rings. The summed E-state index contributed by atoms with van der Waals surface area (Å²) in [6, 6.07) is 5.45. The molecule has 0 bridgehead atoms. The molecule has 1 aromatic carbocycles. The first-order valence-electron chi connectivity index (χ1n) is 12.4. The molecule has 0 radical (unpaired) electrons. The number of halogens is 3. The fraction of sp³-hybridized carbons (Fsp3) is 0.692. The zero-order valence-electron chi connectivity index (χ0n) is 20.6. The van der Waals surface area contributed by atoms with Crippen LogP contribution in [0.2, 0.25) is 0 Å². The summed E-state index contributed by atoms with van der Waals surface area (Å²) in [5.74, 6) is 2.43. The van der Waals surface area contributed by atoms with E-state index in [0.29, 0.717) is 18.4 Å². The number of hydrogen-bond acceptors (Lipinski definition) is 3. The van der Waals surface area contributed by atoms with E-state index in [0.717, 1.165) is 48.9 Å². The fourth-order valence-electron chi connectivity index (χ4n) is 4.17. The van der Waals surface area contributed by atoms with Crippen molar-refractivity contribution in [2.24, 2.45) is 11.8 Å². The number of nitrogens with one attached hydrogen (secondary N) is 1. The Morgan fingerprint density at radius 1 is 1.09 bits per heavy atom. The number of thioether (sulfide) groups is 1. The average Bonchev–Trinajstić information content (AvgIpc) is 3.08. The van der Waals surface area contributed by atoms with Crippen molar-refractivity contribution in [1.29, 1.82) is 0 Å². The quantitative estimate of drug-likeness (QED) is 0.202. The molecule has 0 heterocycles. The Morgan fingerprint density at radius 3 is 2.24 bits per heavy atom. The molecule has 1 N–H and O–H groups in total. The van der Waals surface area contributed by atoms with Crippen molar-refractivity contribution < 1.29 is 17.7 Å². The van der Waals surface area contributed by atoms with Crippen molar-refractivity contribution in [3.8, 4) is 0 Å². The van der Waals surface area contributed by atoms with E-state index in [-0.39, 0.29) is 6.10 Å². The first-order valence-corrected chi connectivity index (χ1v) is 14.9. The highest BCUT2D eigenvalue weighted by atomic mass is 32.2. The maximum atomic E-state index is 12.8. The molecule has 0 spiro atoms. The highest BCUT2D eigenvalue weighted by molar-refractivity contribution is 8.02. The molecule has 0 aliphatic heterocycles. The van der Waals surface area contributed by atoms with E-state index in [9.17, 15) is 13.2 Å². The summed E-state index contributed by atoms with van der Waals surface area (Å²) in [4.78, 5) is 0. The lowest BCUT2D eigenvalue weighted by molar-refractivity contribution is -0.137. The topological polar surface area (TPSA) is 21.3 Å². The van der Waals surface area contributed by atoms with E-state index in [2.05, 4.69) is 38.2 Å². The first kappa shape index (κ1) is 28.7. The molecule has 1 saturated carbocycles. The second kappa shape index (κ2) is 14.8. The minimum absolute atomic E-state index is 0.287. The van der Waals surface area contributed by atoms with Crippen LogP contribution in [0.3, 0.4) is 0 Å². The van der Waals surface area contributed by atoms with Gasteiger partial charge in [0.05, 0.1) is 11.7 Å². The molecule has 188 valence electrons. The normalized spacial score (nSPS) is 21.8. The van der Waals surface area contributed by atoms with E-state index in [1.165, 1.54) is 25.7 Å². The summed E-state index contributed by atoms with van der Waals surface area (Å²) in [5.41, 5.74) is 1.81. The van der Waals surface area contributed by atoms with Crippen molar-refractivity contribution in [3.63, 3.8) is 0 Å². The molecule has 3 unspecified atom stereocenters. The van der Waals surface area contributed by atoms with Gasteiger partial charge in [-0.15, -0.1) is 11.8 Å². The van der Waals surface area contributed by atoms with Gasteiger partial charge in [0, 0.05) is 12.7 Å². The molecule has 7 heteroatoms. The van der Waals surface area contributed by atoms with Gasteiger partial charge in [-0.2, -0.15) is 13.2 Å². The van der Waals surface area contributed by atoms with Gasteiger partial charge in [-0.1, -0.05) is 58.2 Å². The second-order valence-electron chi connectivity index (χ2n) is 9.29. The average molecular weight is 504 g/mol. The van der Waals surface area contributed by atoms with Gasteiger partial charge in [0.2, 0.25) is 0 Å². The van der Waals surface area contributed by atoms with Crippen LogP contribution in [0.4, 0.5) is 13.2 Å². The lowest BCUT2D eigenvalue weighted by Crippen LogP contribution is -2.16. The Balaban J connectivity index is 1.88. The van der Waals surface area contributed by atoms with Crippen molar-refractivity contribution in [2.75, 3.05) is 11.9 Å². The summed E-state index contributed by atoms with van der Waals surface area (Å²) in [5, 5.41) is 5.88. The lowest BCUT2D eigenvalue weighted by atomic mass is 10.0. The highest BCUT2D eigenvalue weighted by Gasteiger charge is 2.31. The molecule has 2 nitrogen and oxygen atoms in total. The third kappa shape index (κ3) is 10.7. The maximum Gasteiger partial charge on any atom is 0.416 e. The number of allylic oxidation sites excluding steroid dienone is 1. The Morgan fingerprint density at radius 2 is 1.70 bits per heavy atom. The summed E-state index contributed by atoms with van der Waals surface area (Å²) in [6.45, 7) is 9.57. The molecule has 33 heavy (non-hydrogen) atoms. The lowest BCUT2D eigenvalue weighted by Gasteiger charge is -2.23. The van der Waals surface area contributed by atoms with Crippen LogP contribution < -0.4 is 5.09 Å². The van der Waals surface area contributed by atoms with Crippen LogP contribution in [0.5, 0.6) is 0 Å². The minimum atomic E-state index is -4.29. The summed E-state index contributed by atoms with van der Waals surface area (Å²) in [6.07, 6.45) is 4.96. The van der Waals surface area contributed by atoms with Gasteiger partial charge in [0.1, 0.15) is 8.30 Å². The van der Waals surface area contributed by atoms with E-state index >= 15 is 0 Å². The zero-order valence-corrected chi connectivity index (χ0v) is 22.3. The SMILES string of the molecule is CCCC(=CSCCCP(NCc1ccc(C(F)(F)F)cc1)OC1CC(C)C(C)C1)CCC. The molecular formula is C26H41F3NOPS. The Bertz CT molecular complexity index is 692. The van der Waals surface area contributed by atoms with Gasteiger partial charge < -0.3 is 4.52 Å². The van der Waals surface area contributed by atoms with E-state index < -0.39 is 20.0 Å². The number of rotatable bonds is 14. The Kier molecular flexibility index (Phi) is 12.8. The zero-order chi connectivity index (χ0) is 24.3. The molecule has 3 atom stereocenters. The van der Waals surface area contributed by atoms with Crippen LogP contribution in [0.25, 0.3) is 0 Å². The van der Waals surface area contributed by atoms with Crippen molar-refractivity contribution >= 4 is 20.1 Å². The summed E-state index contributed by atoms with van der Waals surface area (Å²) < 4.78 is 45.0. The Labute approximate surface area is 204 Å². The third-order valence-electron chi connectivity index (χ3n) is 6.27. The third-order valence-corrected chi connectivity index (χ3v) is 9.08. The Hall–Kier alpha value is -0.550. The fourth-order valence-corrected chi connectivity index (χ4v) is 6.96. The van der Waals surface area contributed by atoms with Gasteiger partial charge in [-0.25, -0.2) is 0 Å². The number of alkyl halides is 3. The van der Waals surface area contributed by atoms with E-state index in [1.807, 2.05) is 11.8 Å². The highest BCUT2D eigenvalue weighted by Crippen LogP contribution is 2.43. The monoisotopic (exact) mass is 503 g/mol. The largest absolute Gasteiger partial charge is 0.416 e. The van der Waals surface area contributed by atoms with Crippen LogP contribution in [0.1, 0.15) is 83.8 Å². The molecule has 1 aliphatic carbocycles. The number of benzene rings is 1. The minimum Gasteiger partial charge on any atom is -0.341 e. The molecule has 1 aromatic rings. The summed E-state index contributed by atoms with van der Waals surface area (Å²) >= 11 is 1.90. The second-order valence-corrected chi connectivity index (χ2v) is 12.0. The van der Waals surface area contributed by atoms with Crippen LogP contribution >= 0.6 is 20.1 Å². The first-order chi connectivity index (χ1) is 15.7. The van der Waals surface area contributed by atoms with Gasteiger partial charge in [-0.05, 0) is 72.8 Å². The predicted molar refractivity (Wildman–Crippen MR) is 137 cm³/mol. The molecule has 0 saturated heterocycles. The van der Waals surface area contributed by atoms with Gasteiger partial charge in [-0.3, -0.25) is 5.09 Å². The van der Waals surface area contributed by atoms with Crippen LogP contribution in [0, 0.1) is 11.8 Å². The van der Waals surface area contributed by atoms with Gasteiger partial charge in [0.15, 0.2) is 0 Å². The molecule has 2 rings (SSSR count). The van der Waals surface area contributed by atoms with Crippen LogP contribution in [-0.2, 0) is 17.2 Å². The molecule has 0 amide bonds. The number of hydrogen-bond donors (Lipinski definition) is 1.